The van der Waals surface area contributed by atoms with Crippen molar-refractivity contribution in [3.8, 4) is 0 Å². The summed E-state index contributed by atoms with van der Waals surface area (Å²) in [5.74, 6) is -0.0661. The number of Topliss-reactive ketones (excluding diaryl/α,β-unsaturated/α-hetero) is 1. The molecule has 4 nitrogen and oxygen atoms in total. The standard InChI is InChI=1S/C19H18N2O2/c1-21-17-8-7-14(18(22)9-10-20)12-15(17)16(19(21)23)11-13-5-3-2-4-6-13/h2-8,11-12H,9-10,20H2,1H3/b16-11-. The van der Waals surface area contributed by atoms with Crippen molar-refractivity contribution in [2.45, 2.75) is 6.42 Å². The number of likely N-dealkylation sites (N-methyl/N-ethyl adjacent to an activating group) is 1. The third-order valence-corrected chi connectivity index (χ3v) is 3.99. The zero-order chi connectivity index (χ0) is 16.4. The first kappa shape index (κ1) is 15.2. The predicted molar refractivity (Wildman–Crippen MR) is 92.2 cm³/mol. The third kappa shape index (κ3) is 2.81. The summed E-state index contributed by atoms with van der Waals surface area (Å²) in [5, 5.41) is 0. The maximum Gasteiger partial charge on any atom is 0.258 e. The molecular formula is C19H18N2O2. The van der Waals surface area contributed by atoms with Crippen LogP contribution in [-0.2, 0) is 4.79 Å². The molecule has 0 atom stereocenters. The van der Waals surface area contributed by atoms with Crippen LogP contribution < -0.4 is 10.6 Å². The Morgan fingerprint density at radius 1 is 1.17 bits per heavy atom. The van der Waals surface area contributed by atoms with Crippen molar-refractivity contribution in [1.29, 1.82) is 0 Å². The van der Waals surface area contributed by atoms with Gasteiger partial charge >= 0.3 is 0 Å². The first-order valence-corrected chi connectivity index (χ1v) is 7.54. The molecule has 0 spiro atoms. The summed E-state index contributed by atoms with van der Waals surface area (Å²) in [6, 6.07) is 15.1. The van der Waals surface area contributed by atoms with E-state index in [2.05, 4.69) is 0 Å². The Labute approximate surface area is 135 Å². The summed E-state index contributed by atoms with van der Waals surface area (Å²) >= 11 is 0. The van der Waals surface area contributed by atoms with Gasteiger partial charge in [0.25, 0.3) is 5.91 Å². The van der Waals surface area contributed by atoms with Gasteiger partial charge in [-0.05, 0) is 36.4 Å². The monoisotopic (exact) mass is 306 g/mol. The molecule has 0 fully saturated rings. The fourth-order valence-corrected chi connectivity index (χ4v) is 2.75. The van der Waals surface area contributed by atoms with Crippen molar-refractivity contribution < 1.29 is 9.59 Å². The van der Waals surface area contributed by atoms with Crippen molar-refractivity contribution >= 4 is 29.0 Å². The van der Waals surface area contributed by atoms with Crippen LogP contribution in [0.15, 0.2) is 48.5 Å². The Kier molecular flexibility index (Phi) is 4.08. The Morgan fingerprint density at radius 3 is 2.61 bits per heavy atom. The lowest BCUT2D eigenvalue weighted by atomic mass is 9.99. The highest BCUT2D eigenvalue weighted by Gasteiger charge is 2.30. The molecule has 4 heteroatoms. The minimum Gasteiger partial charge on any atom is -0.330 e. The van der Waals surface area contributed by atoms with E-state index in [9.17, 15) is 9.59 Å². The molecule has 2 aromatic carbocycles. The van der Waals surface area contributed by atoms with Crippen molar-refractivity contribution in [3.05, 3.63) is 65.2 Å². The van der Waals surface area contributed by atoms with Gasteiger partial charge in [0.05, 0.1) is 5.69 Å². The summed E-state index contributed by atoms with van der Waals surface area (Å²) in [6.07, 6.45) is 2.17. The molecule has 116 valence electrons. The van der Waals surface area contributed by atoms with Gasteiger partial charge < -0.3 is 10.6 Å². The largest absolute Gasteiger partial charge is 0.330 e. The molecule has 1 aliphatic heterocycles. The summed E-state index contributed by atoms with van der Waals surface area (Å²) in [7, 11) is 1.74. The van der Waals surface area contributed by atoms with E-state index in [1.807, 2.05) is 42.5 Å². The Hall–Kier alpha value is -2.72. The van der Waals surface area contributed by atoms with E-state index in [-0.39, 0.29) is 11.7 Å². The van der Waals surface area contributed by atoms with E-state index in [4.69, 9.17) is 5.73 Å². The van der Waals surface area contributed by atoms with Gasteiger partial charge in [0, 0.05) is 30.2 Å². The van der Waals surface area contributed by atoms with Crippen LogP contribution in [0.4, 0.5) is 5.69 Å². The normalized spacial score (nSPS) is 15.1. The molecule has 0 bridgehead atoms. The quantitative estimate of drug-likeness (QED) is 0.698. The summed E-state index contributed by atoms with van der Waals surface area (Å²) in [6.45, 7) is 0.321. The maximum atomic E-state index is 12.5. The van der Waals surface area contributed by atoms with Crippen molar-refractivity contribution in [1.82, 2.24) is 0 Å². The van der Waals surface area contributed by atoms with E-state index in [0.29, 0.717) is 24.1 Å². The van der Waals surface area contributed by atoms with Crippen molar-refractivity contribution in [3.63, 3.8) is 0 Å². The molecule has 0 aliphatic carbocycles. The average Bonchev–Trinajstić information content (AvgIpc) is 2.81. The Balaban J connectivity index is 2.08. The number of benzene rings is 2. The highest BCUT2D eigenvalue weighted by molar-refractivity contribution is 6.35. The van der Waals surface area contributed by atoms with Crippen LogP contribution in [0.25, 0.3) is 11.6 Å². The van der Waals surface area contributed by atoms with Crippen molar-refractivity contribution in [2.75, 3.05) is 18.5 Å². The number of hydrogen-bond acceptors (Lipinski definition) is 3. The van der Waals surface area contributed by atoms with Gasteiger partial charge in [-0.25, -0.2) is 0 Å². The van der Waals surface area contributed by atoms with E-state index >= 15 is 0 Å². The van der Waals surface area contributed by atoms with Crippen LogP contribution in [-0.4, -0.2) is 25.3 Å². The SMILES string of the molecule is CN1C(=O)/C(=C\c2ccccc2)c2cc(C(=O)CCN)ccc21. The van der Waals surface area contributed by atoms with Gasteiger partial charge in [0.1, 0.15) is 0 Å². The molecule has 0 radical (unpaired) electrons. The number of nitrogens with zero attached hydrogens (tertiary/aromatic N) is 1. The lowest BCUT2D eigenvalue weighted by Crippen LogP contribution is -2.20. The molecule has 0 saturated carbocycles. The molecule has 1 amide bonds. The molecule has 23 heavy (non-hydrogen) atoms. The fourth-order valence-electron chi connectivity index (χ4n) is 2.75. The van der Waals surface area contributed by atoms with Gasteiger partial charge in [-0.3, -0.25) is 9.59 Å². The molecule has 1 aliphatic rings. The minimum absolute atomic E-state index is 0.00337. The predicted octanol–water partition coefficient (Wildman–Crippen LogP) is 2.74. The van der Waals surface area contributed by atoms with Crippen molar-refractivity contribution in [2.24, 2.45) is 5.73 Å². The van der Waals surface area contributed by atoms with Gasteiger partial charge in [-0.1, -0.05) is 30.3 Å². The second kappa shape index (κ2) is 6.18. The maximum absolute atomic E-state index is 12.5. The van der Waals surface area contributed by atoms with Gasteiger partial charge in [-0.2, -0.15) is 0 Å². The van der Waals surface area contributed by atoms with Crippen LogP contribution >= 0.6 is 0 Å². The molecule has 3 rings (SSSR count). The number of ketones is 1. The Bertz CT molecular complexity index is 794. The number of carbonyl (C=O) groups excluding carboxylic acids is 2. The molecule has 0 aromatic heterocycles. The lowest BCUT2D eigenvalue weighted by molar-refractivity contribution is -0.112. The minimum atomic E-state index is -0.0627. The van der Waals surface area contributed by atoms with E-state index < -0.39 is 0 Å². The number of rotatable bonds is 4. The zero-order valence-corrected chi connectivity index (χ0v) is 13.0. The molecule has 2 N–H and O–H groups in total. The highest BCUT2D eigenvalue weighted by atomic mass is 16.2. The number of nitrogens with two attached hydrogens (primary N) is 1. The van der Waals surface area contributed by atoms with Gasteiger partial charge in [0.2, 0.25) is 0 Å². The Morgan fingerprint density at radius 2 is 1.91 bits per heavy atom. The van der Waals surface area contributed by atoms with E-state index in [0.717, 1.165) is 16.8 Å². The molecular weight excluding hydrogens is 288 g/mol. The fraction of sp³-hybridized carbons (Fsp3) is 0.158. The van der Waals surface area contributed by atoms with Crippen LogP contribution in [0, 0.1) is 0 Å². The van der Waals surface area contributed by atoms with E-state index in [1.54, 1.807) is 24.1 Å². The summed E-state index contributed by atoms with van der Waals surface area (Å²) in [4.78, 5) is 26.2. The van der Waals surface area contributed by atoms with Crippen LogP contribution in [0.5, 0.6) is 0 Å². The second-order valence-corrected chi connectivity index (χ2v) is 5.53. The topological polar surface area (TPSA) is 63.4 Å². The van der Waals surface area contributed by atoms with Crippen LogP contribution in [0.2, 0.25) is 0 Å². The number of hydrogen-bond donors (Lipinski definition) is 1. The molecule has 0 unspecified atom stereocenters. The number of fused-ring (bicyclic) bond motifs is 1. The summed E-state index contributed by atoms with van der Waals surface area (Å²) in [5.41, 5.74) is 9.23. The molecule has 1 heterocycles. The zero-order valence-electron chi connectivity index (χ0n) is 13.0. The van der Waals surface area contributed by atoms with Crippen LogP contribution in [0.1, 0.15) is 27.9 Å². The summed E-state index contributed by atoms with van der Waals surface area (Å²) < 4.78 is 0. The first-order valence-electron chi connectivity index (χ1n) is 7.54. The van der Waals surface area contributed by atoms with Gasteiger partial charge in [-0.15, -0.1) is 0 Å². The van der Waals surface area contributed by atoms with Crippen LogP contribution in [0.3, 0.4) is 0 Å². The molecule has 2 aromatic rings. The average molecular weight is 306 g/mol. The third-order valence-electron chi connectivity index (χ3n) is 3.99. The highest BCUT2D eigenvalue weighted by Crippen LogP contribution is 2.37. The lowest BCUT2D eigenvalue weighted by Gasteiger charge is -2.09. The smallest absolute Gasteiger partial charge is 0.258 e. The first-order chi connectivity index (χ1) is 11.1. The van der Waals surface area contributed by atoms with E-state index in [1.165, 1.54) is 0 Å². The number of anilines is 1. The second-order valence-electron chi connectivity index (χ2n) is 5.53. The number of carbonyl (C=O) groups is 2. The van der Waals surface area contributed by atoms with Gasteiger partial charge in [0.15, 0.2) is 5.78 Å². The molecule has 0 saturated heterocycles. The number of amides is 1.